The minimum absolute atomic E-state index is 0.403. The normalized spacial score (nSPS) is 16.3. The van der Waals surface area contributed by atoms with Crippen molar-refractivity contribution in [2.24, 2.45) is 0 Å². The van der Waals surface area contributed by atoms with Crippen LogP contribution in [-0.2, 0) is 39.3 Å². The first-order valence-corrected chi connectivity index (χ1v) is 28.3. The van der Waals surface area contributed by atoms with Crippen molar-refractivity contribution in [1.29, 1.82) is 0 Å². The third-order valence-corrected chi connectivity index (χ3v) is 14.8. The first-order chi connectivity index (χ1) is 35.5. The van der Waals surface area contributed by atoms with E-state index in [9.17, 15) is 0 Å². The summed E-state index contributed by atoms with van der Waals surface area (Å²) in [5.74, 6) is 1.56. The molecule has 2 aliphatic rings. The van der Waals surface area contributed by atoms with Gasteiger partial charge in [0.1, 0.15) is 24.7 Å². The molecule has 0 amide bonds. The van der Waals surface area contributed by atoms with Gasteiger partial charge in [-0.25, -0.2) is 0 Å². The first kappa shape index (κ1) is 52.7. The summed E-state index contributed by atoms with van der Waals surface area (Å²) in [4.78, 5) is 0. The summed E-state index contributed by atoms with van der Waals surface area (Å²) in [6, 6.07) is 57.5. The molecule has 0 aliphatic heterocycles. The molecule has 72 heavy (non-hydrogen) atoms. The van der Waals surface area contributed by atoms with Crippen molar-refractivity contribution < 1.29 is 37.9 Å². The predicted octanol–water partition coefficient (Wildman–Crippen LogP) is 13.6. The lowest BCUT2D eigenvalue weighted by molar-refractivity contribution is 0.0118. The molecular weight excluding hydrogens is 1170 g/mol. The van der Waals surface area contributed by atoms with Crippen LogP contribution < -0.4 is 9.47 Å². The predicted molar refractivity (Wildman–Crippen MR) is 300 cm³/mol. The van der Waals surface area contributed by atoms with E-state index in [-0.39, 0.29) is 0 Å². The number of alkyl halides is 2. The minimum atomic E-state index is -0.701. The van der Waals surface area contributed by atoms with Crippen LogP contribution in [0.25, 0.3) is 22.3 Å². The summed E-state index contributed by atoms with van der Waals surface area (Å²) in [6.07, 6.45) is 0. The standard InChI is InChI=1S/C60H58Br4O8/c61-21-23-65-25-27-67-29-31-69-33-35-71-49-15-7-13-45(37-49)59(43-9-3-1-4-10-43)55-39-47(63)17-19-51(55)53-42-58-54(41-57(53)59)52-20-18-48(64)40-56(52)60(58,44-11-5-2-6-12-44)46-14-8-16-50(38-46)72-36-34-70-32-30-68-28-26-66-24-22-62/h1-20,37-42H,21-36H2/t59-,60-/m1/s1. The van der Waals surface area contributed by atoms with Crippen LogP contribution in [0.3, 0.4) is 0 Å². The molecule has 0 N–H and O–H groups in total. The van der Waals surface area contributed by atoms with Crippen molar-refractivity contribution >= 4 is 63.7 Å². The Labute approximate surface area is 457 Å². The monoisotopic (exact) mass is 1220 g/mol. The zero-order valence-corrected chi connectivity index (χ0v) is 46.4. The summed E-state index contributed by atoms with van der Waals surface area (Å²) >= 11 is 14.6. The zero-order chi connectivity index (χ0) is 49.6. The Balaban J connectivity index is 1.08. The average molecular weight is 1230 g/mol. The molecule has 9 rings (SSSR count). The Morgan fingerprint density at radius 3 is 1.00 bits per heavy atom. The SMILES string of the molecule is BrCCOCCOCCOCCOc1cccc([C@]2(c3ccccc3)c3cc(Br)ccc3-c3cc4c(cc32)-c2ccc(Br)cc2[C@@]4(c2ccccc2)c2cccc(OCCOCCOCCOCCBr)c2)c1. The van der Waals surface area contributed by atoms with Crippen LogP contribution in [0, 0.1) is 0 Å². The molecule has 374 valence electrons. The molecule has 0 bridgehead atoms. The van der Waals surface area contributed by atoms with Crippen LogP contribution in [-0.4, -0.2) is 103 Å². The Kier molecular flexibility index (Phi) is 18.9. The fourth-order valence-corrected chi connectivity index (χ4v) is 11.5. The molecule has 2 aliphatic carbocycles. The summed E-state index contributed by atoms with van der Waals surface area (Å²) < 4.78 is 49.0. The third-order valence-electron chi connectivity index (χ3n) is 13.2. The third kappa shape index (κ3) is 11.4. The van der Waals surface area contributed by atoms with Crippen molar-refractivity contribution in [2.45, 2.75) is 10.8 Å². The van der Waals surface area contributed by atoms with Gasteiger partial charge < -0.3 is 37.9 Å². The highest BCUT2D eigenvalue weighted by molar-refractivity contribution is 9.11. The summed E-state index contributed by atoms with van der Waals surface area (Å²) in [6.45, 7) is 7.22. The van der Waals surface area contributed by atoms with E-state index in [0.717, 1.165) is 42.2 Å². The van der Waals surface area contributed by atoms with Gasteiger partial charge >= 0.3 is 0 Å². The van der Waals surface area contributed by atoms with Gasteiger partial charge in [-0.3, -0.25) is 0 Å². The van der Waals surface area contributed by atoms with E-state index in [1.54, 1.807) is 0 Å². The molecule has 0 fully saturated rings. The molecule has 8 nitrogen and oxygen atoms in total. The molecule has 7 aromatic rings. The van der Waals surface area contributed by atoms with Gasteiger partial charge in [0.05, 0.1) is 90.1 Å². The van der Waals surface area contributed by atoms with Gasteiger partial charge in [0.15, 0.2) is 0 Å². The number of rotatable bonds is 28. The van der Waals surface area contributed by atoms with E-state index in [1.165, 1.54) is 55.6 Å². The number of hydrogen-bond acceptors (Lipinski definition) is 8. The molecule has 0 saturated carbocycles. The van der Waals surface area contributed by atoms with Crippen LogP contribution in [0.15, 0.2) is 167 Å². The number of halogens is 4. The lowest BCUT2D eigenvalue weighted by atomic mass is 9.66. The fourth-order valence-electron chi connectivity index (χ4n) is 10.3. The molecule has 12 heteroatoms. The second kappa shape index (κ2) is 25.9. The van der Waals surface area contributed by atoms with Gasteiger partial charge in [-0.1, -0.05) is 161 Å². The largest absolute Gasteiger partial charge is 0.491 e. The first-order valence-electron chi connectivity index (χ1n) is 24.5. The summed E-state index contributed by atoms with van der Waals surface area (Å²) in [7, 11) is 0. The van der Waals surface area contributed by atoms with Crippen LogP contribution in [0.1, 0.15) is 44.5 Å². The van der Waals surface area contributed by atoms with E-state index in [4.69, 9.17) is 37.9 Å². The molecule has 2 atom stereocenters. The molecule has 0 unspecified atom stereocenters. The highest BCUT2D eigenvalue weighted by atomic mass is 79.9. The van der Waals surface area contributed by atoms with Gasteiger partial charge in [-0.05, 0) is 127 Å². The molecule has 0 radical (unpaired) electrons. The van der Waals surface area contributed by atoms with E-state index in [1.807, 2.05) is 12.1 Å². The van der Waals surface area contributed by atoms with E-state index in [2.05, 4.69) is 209 Å². The number of hydrogen-bond donors (Lipinski definition) is 0. The molecular formula is C60H58Br4O8. The number of benzene rings is 7. The van der Waals surface area contributed by atoms with Gasteiger partial charge in [0.25, 0.3) is 0 Å². The Morgan fingerprint density at radius 1 is 0.292 bits per heavy atom. The lowest BCUT2D eigenvalue weighted by Gasteiger charge is -2.36. The van der Waals surface area contributed by atoms with Gasteiger partial charge in [-0.15, -0.1) is 0 Å². The molecule has 0 heterocycles. The number of ether oxygens (including phenoxy) is 8. The quantitative estimate of drug-likeness (QED) is 0.0355. The summed E-state index contributed by atoms with van der Waals surface area (Å²) in [5.41, 5.74) is 12.7. The minimum Gasteiger partial charge on any atom is -0.491 e. The van der Waals surface area contributed by atoms with Crippen LogP contribution in [0.4, 0.5) is 0 Å². The molecule has 0 aromatic heterocycles. The second-order valence-electron chi connectivity index (χ2n) is 17.4. The molecule has 7 aromatic carbocycles. The van der Waals surface area contributed by atoms with Crippen molar-refractivity contribution in [3.05, 3.63) is 211 Å². The Morgan fingerprint density at radius 2 is 0.625 bits per heavy atom. The van der Waals surface area contributed by atoms with Crippen molar-refractivity contribution in [1.82, 2.24) is 0 Å². The Hall–Kier alpha value is -4.18. The van der Waals surface area contributed by atoms with Crippen LogP contribution in [0.5, 0.6) is 11.5 Å². The van der Waals surface area contributed by atoms with Crippen molar-refractivity contribution in [3.63, 3.8) is 0 Å². The lowest BCUT2D eigenvalue weighted by Crippen LogP contribution is -2.30. The van der Waals surface area contributed by atoms with Crippen molar-refractivity contribution in [3.8, 4) is 33.8 Å². The second-order valence-corrected chi connectivity index (χ2v) is 20.8. The van der Waals surface area contributed by atoms with E-state index in [0.29, 0.717) is 92.5 Å². The maximum atomic E-state index is 6.46. The number of fused-ring (bicyclic) bond motifs is 6. The van der Waals surface area contributed by atoms with Gasteiger partial charge in [0.2, 0.25) is 0 Å². The summed E-state index contributed by atoms with van der Waals surface area (Å²) in [5, 5.41) is 1.63. The molecule has 0 saturated heterocycles. The Bertz CT molecular complexity index is 2670. The van der Waals surface area contributed by atoms with Crippen LogP contribution in [0.2, 0.25) is 0 Å². The topological polar surface area (TPSA) is 73.8 Å². The van der Waals surface area contributed by atoms with Gasteiger partial charge in [-0.2, -0.15) is 0 Å². The zero-order valence-electron chi connectivity index (χ0n) is 40.1. The highest BCUT2D eigenvalue weighted by Gasteiger charge is 2.51. The fraction of sp³-hybridized carbons (Fsp3) is 0.300. The maximum absolute atomic E-state index is 6.46. The van der Waals surface area contributed by atoms with Gasteiger partial charge in [0, 0.05) is 19.6 Å². The average Bonchev–Trinajstić information content (AvgIpc) is 3.85. The van der Waals surface area contributed by atoms with E-state index < -0.39 is 10.8 Å². The van der Waals surface area contributed by atoms with Crippen LogP contribution >= 0.6 is 63.7 Å². The highest BCUT2D eigenvalue weighted by Crippen LogP contribution is 2.63. The van der Waals surface area contributed by atoms with Crippen molar-refractivity contribution in [2.75, 3.05) is 103 Å². The smallest absolute Gasteiger partial charge is 0.119 e. The maximum Gasteiger partial charge on any atom is 0.119 e. The van der Waals surface area contributed by atoms with E-state index >= 15 is 0 Å². The molecule has 0 spiro atoms.